The smallest absolute Gasteiger partial charge is 0.269 e. The molecule has 1 unspecified atom stereocenters. The van der Waals surface area contributed by atoms with E-state index in [0.29, 0.717) is 11.4 Å². The van der Waals surface area contributed by atoms with Gasteiger partial charge in [0.2, 0.25) is 10.0 Å². The maximum absolute atomic E-state index is 12.7. The average Bonchev–Trinajstić information content (AvgIpc) is 2.74. The van der Waals surface area contributed by atoms with Crippen molar-refractivity contribution in [1.29, 1.82) is 0 Å². The number of ether oxygens (including phenoxy) is 1. The number of hydrogen-bond donors (Lipinski definition) is 1. The van der Waals surface area contributed by atoms with Crippen LogP contribution in [0.3, 0.4) is 0 Å². The van der Waals surface area contributed by atoms with E-state index in [1.54, 1.807) is 0 Å². The van der Waals surface area contributed by atoms with Gasteiger partial charge in [-0.1, -0.05) is 12.2 Å². The van der Waals surface area contributed by atoms with Crippen LogP contribution in [0.2, 0.25) is 0 Å². The van der Waals surface area contributed by atoms with E-state index in [4.69, 9.17) is 4.74 Å². The number of benzene rings is 2. The Kier molecular flexibility index (Phi) is 8.06. The van der Waals surface area contributed by atoms with Crippen LogP contribution in [0, 0.1) is 10.1 Å². The van der Waals surface area contributed by atoms with Crippen LogP contribution in [0.4, 0.5) is 11.4 Å². The molecular weight excluding hydrogens is 422 g/mol. The Bertz CT molecular complexity index is 1040. The van der Waals surface area contributed by atoms with Crippen molar-refractivity contribution >= 4 is 27.3 Å². The van der Waals surface area contributed by atoms with Gasteiger partial charge >= 0.3 is 0 Å². The molecule has 0 aliphatic rings. The van der Waals surface area contributed by atoms with Crippen LogP contribution in [0.25, 0.3) is 0 Å². The Morgan fingerprint density at radius 1 is 1.13 bits per heavy atom. The van der Waals surface area contributed by atoms with Crippen LogP contribution in [0.1, 0.15) is 6.92 Å². The number of nitrogens with zero attached hydrogens (tertiary/aromatic N) is 2. The van der Waals surface area contributed by atoms with Gasteiger partial charge < -0.3 is 10.1 Å². The Morgan fingerprint density at radius 3 is 2.16 bits per heavy atom. The van der Waals surface area contributed by atoms with Crippen molar-refractivity contribution in [3.05, 3.63) is 84.0 Å². The lowest BCUT2D eigenvalue weighted by molar-refractivity contribution is -0.384. The topological polar surface area (TPSA) is 119 Å². The molecule has 0 bridgehead atoms. The van der Waals surface area contributed by atoms with Crippen molar-refractivity contribution in [3.8, 4) is 5.75 Å². The summed E-state index contributed by atoms with van der Waals surface area (Å²) in [7, 11) is -3.73. The van der Waals surface area contributed by atoms with E-state index in [1.165, 1.54) is 71.9 Å². The molecular formula is C21H23N3O6S. The number of carbonyl (C=O) groups excluding carboxylic acids is 1. The number of non-ortho nitro benzene ring substituents is 1. The van der Waals surface area contributed by atoms with E-state index in [-0.39, 0.29) is 23.7 Å². The second-order valence-electron chi connectivity index (χ2n) is 6.42. The Hall–Kier alpha value is -3.50. The fourth-order valence-corrected chi connectivity index (χ4v) is 3.95. The number of amides is 1. The van der Waals surface area contributed by atoms with Crippen molar-refractivity contribution in [2.45, 2.75) is 17.9 Å². The van der Waals surface area contributed by atoms with Gasteiger partial charge in [-0.25, -0.2) is 8.42 Å². The number of nitro benzene ring substituents is 1. The van der Waals surface area contributed by atoms with Crippen LogP contribution in [-0.2, 0) is 14.8 Å². The van der Waals surface area contributed by atoms with E-state index in [0.717, 1.165) is 0 Å². The van der Waals surface area contributed by atoms with Crippen LogP contribution >= 0.6 is 0 Å². The molecule has 10 heteroatoms. The molecule has 0 saturated carbocycles. The number of anilines is 1. The summed E-state index contributed by atoms with van der Waals surface area (Å²) in [4.78, 5) is 22.6. The summed E-state index contributed by atoms with van der Waals surface area (Å²) in [5, 5.41) is 13.3. The predicted octanol–water partition coefficient (Wildman–Crippen LogP) is 3.36. The van der Waals surface area contributed by atoms with Crippen LogP contribution < -0.4 is 10.1 Å². The maximum atomic E-state index is 12.7. The molecule has 2 aromatic rings. The first-order valence-electron chi connectivity index (χ1n) is 9.23. The van der Waals surface area contributed by atoms with Gasteiger partial charge in [-0.2, -0.15) is 4.31 Å². The van der Waals surface area contributed by atoms with Crippen LogP contribution in [0.5, 0.6) is 5.75 Å². The second-order valence-corrected chi connectivity index (χ2v) is 8.36. The lowest BCUT2D eigenvalue weighted by Crippen LogP contribution is -2.31. The normalized spacial score (nSPS) is 12.1. The lowest BCUT2D eigenvalue weighted by atomic mass is 10.3. The van der Waals surface area contributed by atoms with Gasteiger partial charge in [0.25, 0.3) is 11.6 Å². The van der Waals surface area contributed by atoms with E-state index in [1.807, 2.05) is 0 Å². The standard InChI is InChI=1S/C21H23N3O6S/c1-4-14-23(15-5-2)31(28,29)20-12-6-17(7-13-20)22-21(25)16(3)30-19-10-8-18(9-11-19)24(26)27/h4-13,16H,1-2,14-15H2,3H3,(H,22,25). The number of rotatable bonds is 11. The molecule has 1 atom stereocenters. The Labute approximate surface area is 180 Å². The van der Waals surface area contributed by atoms with Crippen molar-refractivity contribution in [2.75, 3.05) is 18.4 Å². The molecule has 0 heterocycles. The largest absolute Gasteiger partial charge is 0.481 e. The number of nitro groups is 1. The highest BCUT2D eigenvalue weighted by atomic mass is 32.2. The van der Waals surface area contributed by atoms with Crippen molar-refractivity contribution in [3.63, 3.8) is 0 Å². The molecule has 0 radical (unpaired) electrons. The van der Waals surface area contributed by atoms with Crippen molar-refractivity contribution < 1.29 is 22.9 Å². The third-order valence-corrected chi connectivity index (χ3v) is 6.00. The van der Waals surface area contributed by atoms with Gasteiger partial charge in [0.05, 0.1) is 9.82 Å². The summed E-state index contributed by atoms with van der Waals surface area (Å²) in [6, 6.07) is 11.1. The SMILES string of the molecule is C=CCN(CC=C)S(=O)(=O)c1ccc(NC(=O)C(C)Oc2ccc([N+](=O)[O-])cc2)cc1. The van der Waals surface area contributed by atoms with Gasteiger partial charge in [-0.15, -0.1) is 13.2 Å². The minimum absolute atomic E-state index is 0.0735. The summed E-state index contributed by atoms with van der Waals surface area (Å²) >= 11 is 0. The van der Waals surface area contributed by atoms with Gasteiger partial charge in [-0.3, -0.25) is 14.9 Å². The zero-order chi connectivity index (χ0) is 23.0. The fourth-order valence-electron chi connectivity index (χ4n) is 2.57. The van der Waals surface area contributed by atoms with Gasteiger partial charge in [0, 0.05) is 30.9 Å². The van der Waals surface area contributed by atoms with E-state index >= 15 is 0 Å². The minimum Gasteiger partial charge on any atom is -0.481 e. The monoisotopic (exact) mass is 445 g/mol. The zero-order valence-corrected chi connectivity index (χ0v) is 17.7. The summed E-state index contributed by atoms with van der Waals surface area (Å²) in [6.45, 7) is 8.94. The van der Waals surface area contributed by atoms with Crippen LogP contribution in [0.15, 0.2) is 78.7 Å². The van der Waals surface area contributed by atoms with Crippen molar-refractivity contribution in [2.24, 2.45) is 0 Å². The predicted molar refractivity (Wildman–Crippen MR) is 117 cm³/mol. The number of nitrogens with one attached hydrogen (secondary N) is 1. The van der Waals surface area contributed by atoms with Gasteiger partial charge in [-0.05, 0) is 43.3 Å². The fraction of sp³-hybridized carbons (Fsp3) is 0.190. The lowest BCUT2D eigenvalue weighted by Gasteiger charge is -2.19. The second kappa shape index (κ2) is 10.5. The molecule has 164 valence electrons. The quantitative estimate of drug-likeness (QED) is 0.322. The highest BCUT2D eigenvalue weighted by molar-refractivity contribution is 7.89. The molecule has 0 saturated heterocycles. The van der Waals surface area contributed by atoms with E-state index in [2.05, 4.69) is 18.5 Å². The highest BCUT2D eigenvalue weighted by Gasteiger charge is 2.22. The van der Waals surface area contributed by atoms with E-state index < -0.39 is 27.0 Å². The molecule has 0 aliphatic heterocycles. The van der Waals surface area contributed by atoms with Crippen molar-refractivity contribution in [1.82, 2.24) is 4.31 Å². The molecule has 31 heavy (non-hydrogen) atoms. The first-order valence-corrected chi connectivity index (χ1v) is 10.7. The summed E-state index contributed by atoms with van der Waals surface area (Å²) in [5.41, 5.74) is 0.307. The first kappa shape index (κ1) is 23.8. The maximum Gasteiger partial charge on any atom is 0.269 e. The third kappa shape index (κ3) is 6.24. The zero-order valence-electron chi connectivity index (χ0n) is 16.9. The summed E-state index contributed by atoms with van der Waals surface area (Å²) in [5.74, 6) is -0.159. The highest BCUT2D eigenvalue weighted by Crippen LogP contribution is 2.20. The summed E-state index contributed by atoms with van der Waals surface area (Å²) < 4.78 is 32.1. The molecule has 0 fully saturated rings. The first-order chi connectivity index (χ1) is 14.7. The number of sulfonamides is 1. The van der Waals surface area contributed by atoms with Gasteiger partial charge in [0.1, 0.15) is 5.75 Å². The molecule has 2 rings (SSSR count). The van der Waals surface area contributed by atoms with Crippen LogP contribution in [-0.4, -0.2) is 42.7 Å². The minimum atomic E-state index is -3.73. The van der Waals surface area contributed by atoms with E-state index in [9.17, 15) is 23.3 Å². The Morgan fingerprint density at radius 2 is 1.68 bits per heavy atom. The average molecular weight is 445 g/mol. The Balaban J connectivity index is 2.04. The van der Waals surface area contributed by atoms with Gasteiger partial charge in [0.15, 0.2) is 6.10 Å². The molecule has 1 amide bonds. The molecule has 1 N–H and O–H groups in total. The molecule has 0 spiro atoms. The third-order valence-electron chi connectivity index (χ3n) is 4.15. The number of carbonyl (C=O) groups is 1. The molecule has 2 aromatic carbocycles. The molecule has 0 aliphatic carbocycles. The molecule has 0 aromatic heterocycles. The number of hydrogen-bond acceptors (Lipinski definition) is 6. The molecule has 9 nitrogen and oxygen atoms in total. The summed E-state index contributed by atoms with van der Waals surface area (Å²) in [6.07, 6.45) is 2.09.